The highest BCUT2D eigenvalue weighted by Crippen LogP contribution is 2.10. The second-order valence-corrected chi connectivity index (χ2v) is 3.24. The monoisotopic (exact) mass is 240 g/mol. The zero-order valence-electron chi connectivity index (χ0n) is 8.80. The van der Waals surface area contributed by atoms with Crippen molar-refractivity contribution in [3.05, 3.63) is 23.7 Å². The van der Waals surface area contributed by atoms with Crippen LogP contribution in [0.1, 0.15) is 22.5 Å². The highest BCUT2D eigenvalue weighted by atomic mass is 16.6. The highest BCUT2D eigenvalue weighted by molar-refractivity contribution is 5.91. The van der Waals surface area contributed by atoms with Gasteiger partial charge in [0.1, 0.15) is 18.1 Å². The SMILES string of the molecule is Cc1cc(C(=O)OC(CC(=O)[O-])C(=O)[O-])co1. The van der Waals surface area contributed by atoms with Crippen LogP contribution >= 0.6 is 0 Å². The normalized spacial score (nSPS) is 11.8. The Bertz CT molecular complexity index is 445. The van der Waals surface area contributed by atoms with Gasteiger partial charge in [0, 0.05) is 12.4 Å². The van der Waals surface area contributed by atoms with E-state index in [4.69, 9.17) is 4.42 Å². The molecule has 0 saturated carbocycles. The maximum Gasteiger partial charge on any atom is 0.342 e. The molecule has 0 radical (unpaired) electrons. The number of carboxylic acid groups (broad SMARTS) is 2. The lowest BCUT2D eigenvalue weighted by atomic mass is 10.2. The Morgan fingerprint density at radius 3 is 2.47 bits per heavy atom. The number of aliphatic carboxylic acids is 2. The Kier molecular flexibility index (Phi) is 3.86. The molecular formula is C10H8O7-2. The number of carbonyl (C=O) groups excluding carboxylic acids is 3. The van der Waals surface area contributed by atoms with Crippen molar-refractivity contribution >= 4 is 17.9 Å². The predicted molar refractivity (Wildman–Crippen MR) is 47.3 cm³/mol. The van der Waals surface area contributed by atoms with Crippen LogP contribution < -0.4 is 10.2 Å². The van der Waals surface area contributed by atoms with Crippen LogP contribution in [0.4, 0.5) is 0 Å². The summed E-state index contributed by atoms with van der Waals surface area (Å²) < 4.78 is 9.26. The van der Waals surface area contributed by atoms with Gasteiger partial charge < -0.3 is 29.0 Å². The lowest BCUT2D eigenvalue weighted by molar-refractivity contribution is -0.323. The minimum absolute atomic E-state index is 0.00732. The zero-order chi connectivity index (χ0) is 13.0. The maximum absolute atomic E-state index is 11.4. The Labute approximate surface area is 95.6 Å². The van der Waals surface area contributed by atoms with Crippen LogP contribution in [0.3, 0.4) is 0 Å². The largest absolute Gasteiger partial charge is 0.550 e. The molecule has 1 rings (SSSR count). The Morgan fingerprint density at radius 1 is 1.41 bits per heavy atom. The van der Waals surface area contributed by atoms with E-state index in [2.05, 4.69) is 4.74 Å². The van der Waals surface area contributed by atoms with Crippen LogP contribution in [-0.4, -0.2) is 24.0 Å². The maximum atomic E-state index is 11.4. The molecule has 0 N–H and O–H groups in total. The van der Waals surface area contributed by atoms with Gasteiger partial charge in [-0.2, -0.15) is 0 Å². The van der Waals surface area contributed by atoms with Gasteiger partial charge in [-0.25, -0.2) is 4.79 Å². The van der Waals surface area contributed by atoms with Gasteiger partial charge in [-0.05, 0) is 13.0 Å². The molecule has 0 saturated heterocycles. The number of carboxylic acids is 2. The van der Waals surface area contributed by atoms with Crippen molar-refractivity contribution in [1.82, 2.24) is 0 Å². The lowest BCUT2D eigenvalue weighted by Crippen LogP contribution is -2.42. The van der Waals surface area contributed by atoms with Gasteiger partial charge in [-0.1, -0.05) is 0 Å². The highest BCUT2D eigenvalue weighted by Gasteiger charge is 2.18. The van der Waals surface area contributed by atoms with Crippen LogP contribution in [0.2, 0.25) is 0 Å². The summed E-state index contributed by atoms with van der Waals surface area (Å²) in [7, 11) is 0. The molecule has 0 aliphatic rings. The van der Waals surface area contributed by atoms with E-state index in [-0.39, 0.29) is 5.56 Å². The van der Waals surface area contributed by atoms with Crippen molar-refractivity contribution in [2.24, 2.45) is 0 Å². The summed E-state index contributed by atoms with van der Waals surface area (Å²) in [5, 5.41) is 20.7. The van der Waals surface area contributed by atoms with Gasteiger partial charge in [0.2, 0.25) is 0 Å². The Hall–Kier alpha value is -2.31. The predicted octanol–water partition coefficient (Wildman–Crippen LogP) is -2.00. The standard InChI is InChI=1S/C10H10O7/c1-5-2-6(4-16-5)10(15)17-7(9(13)14)3-8(11)12/h2,4,7H,3H2,1H3,(H,11,12)(H,13,14)/p-2. The van der Waals surface area contributed by atoms with E-state index >= 15 is 0 Å². The molecule has 0 aliphatic carbocycles. The molecule has 7 nitrogen and oxygen atoms in total. The van der Waals surface area contributed by atoms with E-state index < -0.39 is 30.4 Å². The number of esters is 1. The van der Waals surface area contributed by atoms with E-state index in [0.717, 1.165) is 6.26 Å². The third kappa shape index (κ3) is 3.63. The molecule has 0 bridgehead atoms. The molecule has 1 heterocycles. The zero-order valence-corrected chi connectivity index (χ0v) is 8.80. The van der Waals surface area contributed by atoms with Crippen LogP contribution in [0.5, 0.6) is 0 Å². The van der Waals surface area contributed by atoms with Crippen molar-refractivity contribution in [2.75, 3.05) is 0 Å². The number of ether oxygens (including phenoxy) is 1. The van der Waals surface area contributed by atoms with Crippen molar-refractivity contribution in [3.8, 4) is 0 Å². The van der Waals surface area contributed by atoms with Gasteiger partial charge in [-0.3, -0.25) is 0 Å². The van der Waals surface area contributed by atoms with E-state index in [1.807, 2.05) is 0 Å². The molecule has 0 amide bonds. The summed E-state index contributed by atoms with van der Waals surface area (Å²) in [4.78, 5) is 32.1. The van der Waals surface area contributed by atoms with Gasteiger partial charge in [0.05, 0.1) is 11.5 Å². The first-order valence-electron chi connectivity index (χ1n) is 4.57. The topological polar surface area (TPSA) is 120 Å². The van der Waals surface area contributed by atoms with E-state index in [1.54, 1.807) is 6.92 Å². The molecule has 0 spiro atoms. The third-order valence-electron chi connectivity index (χ3n) is 1.83. The van der Waals surface area contributed by atoms with Gasteiger partial charge in [-0.15, -0.1) is 0 Å². The van der Waals surface area contributed by atoms with Crippen molar-refractivity contribution in [3.63, 3.8) is 0 Å². The second-order valence-electron chi connectivity index (χ2n) is 3.24. The van der Waals surface area contributed by atoms with E-state index in [1.165, 1.54) is 6.07 Å². The number of furan rings is 1. The summed E-state index contributed by atoms with van der Waals surface area (Å²) >= 11 is 0. The minimum atomic E-state index is -1.89. The summed E-state index contributed by atoms with van der Waals surface area (Å²) in [6.45, 7) is 1.58. The fourth-order valence-corrected chi connectivity index (χ4v) is 1.07. The molecular weight excluding hydrogens is 232 g/mol. The number of carbonyl (C=O) groups is 3. The number of hydrogen-bond donors (Lipinski definition) is 0. The van der Waals surface area contributed by atoms with Gasteiger partial charge >= 0.3 is 5.97 Å². The average molecular weight is 240 g/mol. The number of hydrogen-bond acceptors (Lipinski definition) is 7. The number of aryl methyl sites for hydroxylation is 1. The van der Waals surface area contributed by atoms with Crippen LogP contribution in [0.15, 0.2) is 16.7 Å². The fourth-order valence-electron chi connectivity index (χ4n) is 1.07. The smallest absolute Gasteiger partial charge is 0.342 e. The van der Waals surface area contributed by atoms with Crippen LogP contribution in [0.25, 0.3) is 0 Å². The molecule has 0 fully saturated rings. The number of rotatable bonds is 5. The molecule has 0 aromatic carbocycles. The molecule has 1 atom stereocenters. The van der Waals surface area contributed by atoms with Crippen LogP contribution in [0, 0.1) is 6.92 Å². The third-order valence-corrected chi connectivity index (χ3v) is 1.83. The quantitative estimate of drug-likeness (QED) is 0.546. The fraction of sp³-hybridized carbons (Fsp3) is 0.300. The van der Waals surface area contributed by atoms with Crippen molar-refractivity contribution < 1.29 is 33.8 Å². The molecule has 1 aromatic rings. The summed E-state index contributed by atoms with van der Waals surface area (Å²) in [5.74, 6) is -4.03. The van der Waals surface area contributed by atoms with Crippen molar-refractivity contribution in [2.45, 2.75) is 19.4 Å². The summed E-state index contributed by atoms with van der Waals surface area (Å²) in [6.07, 6.45) is -1.78. The van der Waals surface area contributed by atoms with Gasteiger partial charge in [0.15, 0.2) is 0 Å². The molecule has 92 valence electrons. The van der Waals surface area contributed by atoms with E-state index in [0.29, 0.717) is 5.76 Å². The molecule has 7 heteroatoms. The molecule has 1 aromatic heterocycles. The molecule has 0 aliphatic heterocycles. The summed E-state index contributed by atoms with van der Waals surface area (Å²) in [6, 6.07) is 1.33. The minimum Gasteiger partial charge on any atom is -0.550 e. The summed E-state index contributed by atoms with van der Waals surface area (Å²) in [5.41, 5.74) is -0.00732. The molecule has 1 unspecified atom stereocenters. The van der Waals surface area contributed by atoms with Gasteiger partial charge in [0.25, 0.3) is 0 Å². The van der Waals surface area contributed by atoms with Crippen molar-refractivity contribution in [1.29, 1.82) is 0 Å². The van der Waals surface area contributed by atoms with E-state index in [9.17, 15) is 24.6 Å². The Morgan fingerprint density at radius 2 is 2.06 bits per heavy atom. The van der Waals surface area contributed by atoms with Crippen LogP contribution in [-0.2, 0) is 14.3 Å². The lowest BCUT2D eigenvalue weighted by Gasteiger charge is -2.18. The first-order chi connectivity index (χ1) is 7.90. The Balaban J connectivity index is 2.70. The molecule has 17 heavy (non-hydrogen) atoms. The average Bonchev–Trinajstić information content (AvgIpc) is 2.63. The second kappa shape index (κ2) is 5.15. The first-order valence-corrected chi connectivity index (χ1v) is 4.57. The first kappa shape index (κ1) is 12.8.